The van der Waals surface area contributed by atoms with Crippen LogP contribution in [0.15, 0.2) is 6.07 Å². The van der Waals surface area contributed by atoms with Gasteiger partial charge >= 0.3 is 0 Å². The minimum Gasteiger partial charge on any atom is -0.486 e. The number of hydrogen-bond donors (Lipinski definition) is 1. The highest BCUT2D eigenvalue weighted by atomic mass is 35.5. The molecule has 100 valence electrons. The van der Waals surface area contributed by atoms with Gasteiger partial charge < -0.3 is 14.3 Å². The van der Waals surface area contributed by atoms with E-state index in [4.69, 9.17) is 27.0 Å². The van der Waals surface area contributed by atoms with Crippen molar-refractivity contribution < 1.29 is 14.3 Å². The fourth-order valence-electron chi connectivity index (χ4n) is 2.21. The molecule has 0 aromatic heterocycles. The first-order chi connectivity index (χ1) is 8.65. The Morgan fingerprint density at radius 1 is 1.39 bits per heavy atom. The van der Waals surface area contributed by atoms with Gasteiger partial charge in [0, 0.05) is 0 Å². The highest BCUT2D eigenvalue weighted by molar-refractivity contribution is 6.33. The van der Waals surface area contributed by atoms with Crippen molar-refractivity contribution in [1.82, 2.24) is 0 Å². The predicted molar refractivity (Wildman–Crippen MR) is 70.4 cm³/mol. The van der Waals surface area contributed by atoms with Crippen molar-refractivity contribution in [3.8, 4) is 11.5 Å². The molecule has 0 saturated heterocycles. The number of fused-ring (bicyclic) bond motifs is 1. The van der Waals surface area contributed by atoms with Crippen LogP contribution in [0.25, 0.3) is 0 Å². The molecule has 0 unspecified atom stereocenters. The van der Waals surface area contributed by atoms with Crippen molar-refractivity contribution in [2.75, 3.05) is 19.8 Å². The molecule has 0 saturated carbocycles. The third-order valence-corrected chi connectivity index (χ3v) is 3.34. The molecule has 0 aliphatic carbocycles. The zero-order chi connectivity index (χ0) is 13.1. The fraction of sp³-hybridized carbons (Fsp3) is 0.538. The first-order valence-electron chi connectivity index (χ1n) is 6.07. The molecule has 0 radical (unpaired) electrons. The summed E-state index contributed by atoms with van der Waals surface area (Å²) >= 11 is 6.43. The van der Waals surface area contributed by atoms with E-state index >= 15 is 0 Å². The van der Waals surface area contributed by atoms with Crippen LogP contribution >= 0.6 is 11.6 Å². The summed E-state index contributed by atoms with van der Waals surface area (Å²) in [7, 11) is 0. The summed E-state index contributed by atoms with van der Waals surface area (Å²) in [6, 6.07) is 1.98. The maximum atomic E-state index is 6.43. The van der Waals surface area contributed by atoms with Crippen molar-refractivity contribution in [3.05, 3.63) is 22.2 Å². The quantitative estimate of drug-likeness (QED) is 0.856. The van der Waals surface area contributed by atoms with E-state index in [0.717, 1.165) is 11.1 Å². The standard InChI is InChI=1S/C13H18ClNO3/c1-8(2)11-9(3-4-18-15)7-10-13(12(11)14)17-6-5-16-10/h7-8H,3-6,15H2,1-2H3. The van der Waals surface area contributed by atoms with E-state index in [0.29, 0.717) is 48.7 Å². The van der Waals surface area contributed by atoms with Crippen molar-refractivity contribution in [2.24, 2.45) is 5.90 Å². The van der Waals surface area contributed by atoms with E-state index in [1.165, 1.54) is 0 Å². The topological polar surface area (TPSA) is 53.7 Å². The molecule has 18 heavy (non-hydrogen) atoms. The van der Waals surface area contributed by atoms with Crippen LogP contribution in [0.1, 0.15) is 30.9 Å². The van der Waals surface area contributed by atoms with Crippen LogP contribution < -0.4 is 15.4 Å². The number of nitrogens with two attached hydrogens (primary N) is 1. The van der Waals surface area contributed by atoms with Gasteiger partial charge in [0.2, 0.25) is 0 Å². The van der Waals surface area contributed by atoms with Gasteiger partial charge in [-0.2, -0.15) is 0 Å². The minimum atomic E-state index is 0.307. The van der Waals surface area contributed by atoms with Crippen LogP contribution in [0.3, 0.4) is 0 Å². The molecule has 1 aliphatic heterocycles. The van der Waals surface area contributed by atoms with E-state index in [9.17, 15) is 0 Å². The normalized spacial score (nSPS) is 14.1. The smallest absolute Gasteiger partial charge is 0.180 e. The maximum Gasteiger partial charge on any atom is 0.180 e. The average Bonchev–Trinajstić information content (AvgIpc) is 2.36. The SMILES string of the molecule is CC(C)c1c(CCON)cc2c(c1Cl)OCCO2. The van der Waals surface area contributed by atoms with Gasteiger partial charge in [0.1, 0.15) is 13.2 Å². The molecule has 0 amide bonds. The molecule has 5 heteroatoms. The number of rotatable bonds is 4. The molecular weight excluding hydrogens is 254 g/mol. The average molecular weight is 272 g/mol. The molecule has 0 spiro atoms. The lowest BCUT2D eigenvalue weighted by atomic mass is 9.94. The molecule has 1 aliphatic rings. The van der Waals surface area contributed by atoms with Gasteiger partial charge in [0.05, 0.1) is 11.6 Å². The Balaban J connectivity index is 2.46. The van der Waals surface area contributed by atoms with E-state index in [2.05, 4.69) is 18.7 Å². The summed E-state index contributed by atoms with van der Waals surface area (Å²) in [4.78, 5) is 4.65. The molecule has 0 fully saturated rings. The third kappa shape index (κ3) is 2.55. The summed E-state index contributed by atoms with van der Waals surface area (Å²) < 4.78 is 11.2. The van der Waals surface area contributed by atoms with Crippen LogP contribution in [0.5, 0.6) is 11.5 Å². The van der Waals surface area contributed by atoms with Gasteiger partial charge in [-0.1, -0.05) is 25.4 Å². The highest BCUT2D eigenvalue weighted by Gasteiger charge is 2.23. The number of ether oxygens (including phenoxy) is 2. The molecule has 0 atom stereocenters. The Kier molecular flexibility index (Phi) is 4.32. The molecule has 2 N–H and O–H groups in total. The van der Waals surface area contributed by atoms with Crippen molar-refractivity contribution in [2.45, 2.75) is 26.2 Å². The second kappa shape index (κ2) is 5.78. The van der Waals surface area contributed by atoms with Crippen LogP contribution in [0, 0.1) is 0 Å². The second-order valence-electron chi connectivity index (χ2n) is 4.56. The lowest BCUT2D eigenvalue weighted by molar-refractivity contribution is 0.140. The monoisotopic (exact) mass is 271 g/mol. The van der Waals surface area contributed by atoms with Crippen LogP contribution in [-0.2, 0) is 11.3 Å². The molecule has 1 heterocycles. The van der Waals surface area contributed by atoms with E-state index in [-0.39, 0.29) is 0 Å². The van der Waals surface area contributed by atoms with E-state index < -0.39 is 0 Å². The zero-order valence-corrected chi connectivity index (χ0v) is 11.4. The molecule has 4 nitrogen and oxygen atoms in total. The zero-order valence-electron chi connectivity index (χ0n) is 10.7. The highest BCUT2D eigenvalue weighted by Crippen LogP contribution is 2.44. The second-order valence-corrected chi connectivity index (χ2v) is 4.94. The van der Waals surface area contributed by atoms with Gasteiger partial charge in [0.25, 0.3) is 0 Å². The lowest BCUT2D eigenvalue weighted by Gasteiger charge is -2.24. The maximum absolute atomic E-state index is 6.43. The Bertz CT molecular complexity index is 435. The Labute approximate surface area is 112 Å². The Morgan fingerprint density at radius 3 is 2.78 bits per heavy atom. The summed E-state index contributed by atoms with van der Waals surface area (Å²) in [6.07, 6.45) is 0.709. The summed E-state index contributed by atoms with van der Waals surface area (Å²) in [5.74, 6) is 6.76. The first kappa shape index (κ1) is 13.5. The van der Waals surface area contributed by atoms with Crippen molar-refractivity contribution in [3.63, 3.8) is 0 Å². The van der Waals surface area contributed by atoms with Gasteiger partial charge in [-0.15, -0.1) is 0 Å². The number of hydrogen-bond acceptors (Lipinski definition) is 4. The van der Waals surface area contributed by atoms with E-state index in [1.807, 2.05) is 6.07 Å². The summed E-state index contributed by atoms with van der Waals surface area (Å²) in [5, 5.41) is 0.647. The van der Waals surface area contributed by atoms with E-state index in [1.54, 1.807) is 0 Å². The predicted octanol–water partition coefficient (Wildman–Crippen LogP) is 2.67. The Hall–Kier alpha value is -0.970. The van der Waals surface area contributed by atoms with Gasteiger partial charge in [0.15, 0.2) is 11.5 Å². The number of benzene rings is 1. The summed E-state index contributed by atoms with van der Waals surface area (Å²) in [5.41, 5.74) is 2.18. The molecule has 1 aromatic carbocycles. The lowest BCUT2D eigenvalue weighted by Crippen LogP contribution is -2.17. The fourth-order valence-corrected chi connectivity index (χ4v) is 2.70. The van der Waals surface area contributed by atoms with Crippen LogP contribution in [0.2, 0.25) is 5.02 Å². The van der Waals surface area contributed by atoms with Gasteiger partial charge in [-0.25, -0.2) is 5.90 Å². The largest absolute Gasteiger partial charge is 0.486 e. The third-order valence-electron chi connectivity index (χ3n) is 2.96. The molecule has 0 bridgehead atoms. The summed E-state index contributed by atoms with van der Waals surface area (Å²) in [6.45, 7) is 5.75. The first-order valence-corrected chi connectivity index (χ1v) is 6.45. The van der Waals surface area contributed by atoms with Crippen LogP contribution in [0.4, 0.5) is 0 Å². The van der Waals surface area contributed by atoms with Crippen molar-refractivity contribution >= 4 is 11.6 Å². The molecular formula is C13H18ClNO3. The van der Waals surface area contributed by atoms with Gasteiger partial charge in [-0.05, 0) is 29.5 Å². The van der Waals surface area contributed by atoms with Gasteiger partial charge in [-0.3, -0.25) is 0 Å². The van der Waals surface area contributed by atoms with Crippen LogP contribution in [-0.4, -0.2) is 19.8 Å². The molecule has 1 aromatic rings. The number of halogens is 1. The minimum absolute atomic E-state index is 0.307. The van der Waals surface area contributed by atoms with Crippen molar-refractivity contribution in [1.29, 1.82) is 0 Å². The Morgan fingerprint density at radius 2 is 2.11 bits per heavy atom. The molecule has 2 rings (SSSR count).